The van der Waals surface area contributed by atoms with Crippen LogP contribution in [0, 0.1) is 6.92 Å². The molecule has 21 heavy (non-hydrogen) atoms. The zero-order chi connectivity index (χ0) is 15.4. The van der Waals surface area contributed by atoms with Gasteiger partial charge in [0.25, 0.3) is 0 Å². The molecule has 0 aliphatic rings. The Morgan fingerprint density at radius 1 is 0.762 bits per heavy atom. The fourth-order valence-corrected chi connectivity index (χ4v) is 2.81. The van der Waals surface area contributed by atoms with E-state index >= 15 is 0 Å². The SMILES string of the molecule is C=Cc1ccc2c(cc(C)c3ccccc32)c1C=C.CC. The molecule has 3 aromatic rings. The third-order valence-corrected chi connectivity index (χ3v) is 3.75. The van der Waals surface area contributed by atoms with E-state index in [4.69, 9.17) is 0 Å². The van der Waals surface area contributed by atoms with Crippen molar-refractivity contribution in [2.75, 3.05) is 0 Å². The molecule has 0 saturated carbocycles. The van der Waals surface area contributed by atoms with Crippen molar-refractivity contribution in [1.29, 1.82) is 0 Å². The average Bonchev–Trinajstić information content (AvgIpc) is 2.56. The topological polar surface area (TPSA) is 0 Å². The summed E-state index contributed by atoms with van der Waals surface area (Å²) in [6.07, 6.45) is 3.81. The Bertz CT molecular complexity index is 807. The highest BCUT2D eigenvalue weighted by Crippen LogP contribution is 2.32. The minimum atomic E-state index is 1.14. The van der Waals surface area contributed by atoms with Crippen molar-refractivity contribution < 1.29 is 0 Å². The third kappa shape index (κ3) is 2.50. The van der Waals surface area contributed by atoms with Gasteiger partial charge in [0.2, 0.25) is 0 Å². The fraction of sp³-hybridized carbons (Fsp3) is 0.143. The zero-order valence-corrected chi connectivity index (χ0v) is 13.1. The van der Waals surface area contributed by atoms with Gasteiger partial charge in [0.1, 0.15) is 0 Å². The van der Waals surface area contributed by atoms with Crippen molar-refractivity contribution in [1.82, 2.24) is 0 Å². The molecule has 0 heteroatoms. The van der Waals surface area contributed by atoms with Gasteiger partial charge >= 0.3 is 0 Å². The molecule has 0 bridgehead atoms. The monoisotopic (exact) mass is 274 g/mol. The van der Waals surface area contributed by atoms with E-state index in [1.54, 1.807) is 0 Å². The molecular formula is C21H22. The summed E-state index contributed by atoms with van der Waals surface area (Å²) in [6.45, 7) is 14.0. The van der Waals surface area contributed by atoms with Crippen LogP contribution in [0.15, 0.2) is 55.6 Å². The van der Waals surface area contributed by atoms with Gasteiger partial charge in [-0.3, -0.25) is 0 Å². The summed E-state index contributed by atoms with van der Waals surface area (Å²) >= 11 is 0. The zero-order valence-electron chi connectivity index (χ0n) is 13.1. The molecule has 0 aliphatic carbocycles. The Hall–Kier alpha value is -2.34. The molecule has 0 unspecified atom stereocenters. The van der Waals surface area contributed by atoms with Crippen molar-refractivity contribution in [2.45, 2.75) is 20.8 Å². The van der Waals surface area contributed by atoms with E-state index < -0.39 is 0 Å². The molecule has 0 spiro atoms. The first-order valence-electron chi connectivity index (χ1n) is 7.46. The second kappa shape index (κ2) is 6.41. The molecule has 3 rings (SSSR count). The lowest BCUT2D eigenvalue weighted by Gasteiger charge is -2.11. The molecule has 0 saturated heterocycles. The second-order valence-electron chi connectivity index (χ2n) is 4.81. The largest absolute Gasteiger partial charge is 0.0984 e. The van der Waals surface area contributed by atoms with Gasteiger partial charge in [-0.1, -0.05) is 81.6 Å². The lowest BCUT2D eigenvalue weighted by atomic mass is 9.92. The Morgan fingerprint density at radius 3 is 2.00 bits per heavy atom. The van der Waals surface area contributed by atoms with Crippen LogP contribution in [0.5, 0.6) is 0 Å². The predicted molar refractivity (Wildman–Crippen MR) is 97.7 cm³/mol. The number of rotatable bonds is 2. The van der Waals surface area contributed by atoms with Gasteiger partial charge in [-0.05, 0) is 45.2 Å². The summed E-state index contributed by atoms with van der Waals surface area (Å²) in [5, 5.41) is 5.15. The maximum absolute atomic E-state index is 3.95. The average molecular weight is 274 g/mol. The summed E-state index contributed by atoms with van der Waals surface area (Å²) in [5.41, 5.74) is 3.60. The van der Waals surface area contributed by atoms with Crippen molar-refractivity contribution in [3.8, 4) is 0 Å². The quantitative estimate of drug-likeness (QED) is 0.461. The molecule has 0 nitrogen and oxygen atoms in total. The number of hydrogen-bond acceptors (Lipinski definition) is 0. The van der Waals surface area contributed by atoms with E-state index in [1.165, 1.54) is 32.7 Å². The number of benzene rings is 3. The highest BCUT2D eigenvalue weighted by molar-refractivity contribution is 6.11. The third-order valence-electron chi connectivity index (χ3n) is 3.75. The Balaban J connectivity index is 0.000000774. The van der Waals surface area contributed by atoms with E-state index in [2.05, 4.69) is 62.5 Å². The van der Waals surface area contributed by atoms with Crippen LogP contribution in [-0.4, -0.2) is 0 Å². The highest BCUT2D eigenvalue weighted by atomic mass is 14.1. The van der Waals surface area contributed by atoms with Crippen molar-refractivity contribution in [3.63, 3.8) is 0 Å². The molecule has 0 amide bonds. The van der Waals surface area contributed by atoms with Gasteiger partial charge in [-0.15, -0.1) is 0 Å². The van der Waals surface area contributed by atoms with Crippen molar-refractivity contribution >= 4 is 33.7 Å². The van der Waals surface area contributed by atoms with Crippen LogP contribution in [0.3, 0.4) is 0 Å². The first-order chi connectivity index (χ1) is 10.3. The lowest BCUT2D eigenvalue weighted by molar-refractivity contribution is 1.50. The molecule has 0 aliphatic heterocycles. The van der Waals surface area contributed by atoms with Gasteiger partial charge in [0.05, 0.1) is 0 Å². The minimum absolute atomic E-state index is 1.14. The maximum Gasteiger partial charge on any atom is -0.00965 e. The second-order valence-corrected chi connectivity index (χ2v) is 4.81. The van der Waals surface area contributed by atoms with Gasteiger partial charge in [0.15, 0.2) is 0 Å². The highest BCUT2D eigenvalue weighted by Gasteiger charge is 2.07. The van der Waals surface area contributed by atoms with Crippen LogP contribution in [0.2, 0.25) is 0 Å². The van der Waals surface area contributed by atoms with Gasteiger partial charge < -0.3 is 0 Å². The van der Waals surface area contributed by atoms with E-state index in [-0.39, 0.29) is 0 Å². The fourth-order valence-electron chi connectivity index (χ4n) is 2.81. The van der Waals surface area contributed by atoms with E-state index in [0.717, 1.165) is 5.56 Å². The Morgan fingerprint density at radius 2 is 1.38 bits per heavy atom. The van der Waals surface area contributed by atoms with Crippen LogP contribution in [0.1, 0.15) is 30.5 Å². The first-order valence-corrected chi connectivity index (χ1v) is 7.46. The molecular weight excluding hydrogens is 252 g/mol. The van der Waals surface area contributed by atoms with Crippen LogP contribution in [-0.2, 0) is 0 Å². The van der Waals surface area contributed by atoms with Crippen molar-refractivity contribution in [2.24, 2.45) is 0 Å². The molecule has 0 fully saturated rings. The summed E-state index contributed by atoms with van der Waals surface area (Å²) in [5.74, 6) is 0. The maximum atomic E-state index is 3.95. The van der Waals surface area contributed by atoms with E-state index in [0.29, 0.717) is 0 Å². The number of fused-ring (bicyclic) bond motifs is 3. The standard InChI is InChI=1S/C19H16.C2H6/c1-4-14-10-11-18-17-9-7-6-8-16(17)13(3)12-19(18)15(14)5-2;1-2/h4-12H,1-2H2,3H3;1-2H3. The molecule has 0 N–H and O–H groups in total. The molecule has 0 radical (unpaired) electrons. The molecule has 3 aromatic carbocycles. The van der Waals surface area contributed by atoms with Crippen LogP contribution in [0.25, 0.3) is 33.7 Å². The Labute approximate surface area is 127 Å². The van der Waals surface area contributed by atoms with Crippen LogP contribution >= 0.6 is 0 Å². The van der Waals surface area contributed by atoms with E-state index in [1.807, 2.05) is 26.0 Å². The predicted octanol–water partition coefficient (Wildman–Crippen LogP) is 6.61. The molecule has 0 atom stereocenters. The van der Waals surface area contributed by atoms with Crippen LogP contribution in [0.4, 0.5) is 0 Å². The minimum Gasteiger partial charge on any atom is -0.0984 e. The van der Waals surface area contributed by atoms with Gasteiger partial charge in [-0.25, -0.2) is 0 Å². The van der Waals surface area contributed by atoms with Gasteiger partial charge in [-0.2, -0.15) is 0 Å². The summed E-state index contributed by atoms with van der Waals surface area (Å²) in [6, 6.07) is 15.1. The molecule has 106 valence electrons. The van der Waals surface area contributed by atoms with Crippen LogP contribution < -0.4 is 0 Å². The van der Waals surface area contributed by atoms with Gasteiger partial charge in [0, 0.05) is 0 Å². The molecule has 0 aromatic heterocycles. The van der Waals surface area contributed by atoms with Crippen molar-refractivity contribution in [3.05, 3.63) is 72.3 Å². The summed E-state index contributed by atoms with van der Waals surface area (Å²) < 4.78 is 0. The smallest absolute Gasteiger partial charge is 0.00965 e. The summed E-state index contributed by atoms with van der Waals surface area (Å²) in [7, 11) is 0. The number of hydrogen-bond donors (Lipinski definition) is 0. The normalized spacial score (nSPS) is 10.0. The first kappa shape index (κ1) is 15.1. The summed E-state index contributed by atoms with van der Waals surface area (Å²) in [4.78, 5) is 0. The Kier molecular flexibility index (Phi) is 4.59. The van der Waals surface area contributed by atoms with E-state index in [9.17, 15) is 0 Å². The molecule has 0 heterocycles. The lowest BCUT2D eigenvalue weighted by Crippen LogP contribution is -1.88. The number of aryl methyl sites for hydroxylation is 1.